The summed E-state index contributed by atoms with van der Waals surface area (Å²) in [6.45, 7) is 0. The summed E-state index contributed by atoms with van der Waals surface area (Å²) in [5.74, 6) is 0. The van der Waals surface area contributed by atoms with Crippen LogP contribution in [0, 0.1) is 0 Å². The van der Waals surface area contributed by atoms with Crippen LogP contribution in [0.3, 0.4) is 0 Å². The standard InChI is InChI=1S/C24H17N/c1-2-10-18(11-3-1)25-23-19-12-6-4-8-16(19)14-21(23)22-15-17-9-5-7-13-20(17)24(22)25/h1-13H,14-15H2. The van der Waals surface area contributed by atoms with Crippen molar-refractivity contribution >= 4 is 0 Å². The van der Waals surface area contributed by atoms with E-state index >= 15 is 0 Å². The Morgan fingerprint density at radius 2 is 1.00 bits per heavy atom. The summed E-state index contributed by atoms with van der Waals surface area (Å²) in [6.07, 6.45) is 2.11. The Hall–Kier alpha value is -3.06. The van der Waals surface area contributed by atoms with E-state index in [0.29, 0.717) is 0 Å². The molecule has 0 radical (unpaired) electrons. The molecule has 2 aliphatic carbocycles. The largest absolute Gasteiger partial charge is 0.309 e. The quantitative estimate of drug-likeness (QED) is 0.371. The maximum atomic E-state index is 2.50. The molecule has 4 aromatic rings. The van der Waals surface area contributed by atoms with Crippen LogP contribution in [-0.2, 0) is 12.8 Å². The van der Waals surface area contributed by atoms with Crippen molar-refractivity contribution in [2.75, 3.05) is 0 Å². The molecule has 1 nitrogen and oxygen atoms in total. The van der Waals surface area contributed by atoms with Gasteiger partial charge in [-0.1, -0.05) is 66.7 Å². The highest BCUT2D eigenvalue weighted by molar-refractivity contribution is 5.88. The minimum Gasteiger partial charge on any atom is -0.309 e. The normalized spacial score (nSPS) is 13.3. The number of para-hydroxylation sites is 1. The second-order valence-electron chi connectivity index (χ2n) is 6.99. The van der Waals surface area contributed by atoms with Gasteiger partial charge >= 0.3 is 0 Å². The van der Waals surface area contributed by atoms with Gasteiger partial charge in [-0.05, 0) is 34.4 Å². The fourth-order valence-electron chi connectivity index (χ4n) is 4.64. The molecule has 0 unspecified atom stereocenters. The molecule has 2 aliphatic rings. The second-order valence-corrected chi connectivity index (χ2v) is 6.99. The summed E-state index contributed by atoms with van der Waals surface area (Å²) in [7, 11) is 0. The number of aromatic nitrogens is 1. The first-order valence-corrected chi connectivity index (χ1v) is 8.90. The van der Waals surface area contributed by atoms with Gasteiger partial charge in [0.1, 0.15) is 0 Å². The number of fused-ring (bicyclic) bond motifs is 7. The highest BCUT2D eigenvalue weighted by Crippen LogP contribution is 2.50. The van der Waals surface area contributed by atoms with Crippen molar-refractivity contribution in [3.8, 4) is 28.2 Å². The van der Waals surface area contributed by atoms with Crippen LogP contribution in [0.5, 0.6) is 0 Å². The molecule has 0 fully saturated rings. The molecule has 6 rings (SSSR count). The van der Waals surface area contributed by atoms with Crippen molar-refractivity contribution in [3.05, 3.63) is 101 Å². The van der Waals surface area contributed by atoms with Gasteiger partial charge in [0.25, 0.3) is 0 Å². The van der Waals surface area contributed by atoms with Gasteiger partial charge < -0.3 is 4.57 Å². The van der Waals surface area contributed by atoms with Crippen LogP contribution >= 0.6 is 0 Å². The molecule has 0 aliphatic heterocycles. The Labute approximate surface area is 147 Å². The summed E-state index contributed by atoms with van der Waals surface area (Å²) in [4.78, 5) is 0. The van der Waals surface area contributed by atoms with Gasteiger partial charge in [0.15, 0.2) is 0 Å². The third kappa shape index (κ3) is 1.68. The van der Waals surface area contributed by atoms with E-state index in [4.69, 9.17) is 0 Å². The van der Waals surface area contributed by atoms with Gasteiger partial charge in [-0.3, -0.25) is 0 Å². The third-order valence-electron chi connectivity index (χ3n) is 5.68. The lowest BCUT2D eigenvalue weighted by atomic mass is 10.1. The molecule has 0 N–H and O–H groups in total. The number of hydrogen-bond acceptors (Lipinski definition) is 0. The minimum absolute atomic E-state index is 1.06. The van der Waals surface area contributed by atoms with Gasteiger partial charge in [0, 0.05) is 29.7 Å². The van der Waals surface area contributed by atoms with Crippen molar-refractivity contribution in [3.63, 3.8) is 0 Å². The molecule has 1 aromatic heterocycles. The molecule has 0 saturated heterocycles. The summed E-state index contributed by atoms with van der Waals surface area (Å²) in [6, 6.07) is 28.6. The first-order valence-electron chi connectivity index (χ1n) is 8.90. The van der Waals surface area contributed by atoms with Crippen LogP contribution in [0.1, 0.15) is 22.3 Å². The predicted molar refractivity (Wildman–Crippen MR) is 102 cm³/mol. The molecule has 1 heterocycles. The van der Waals surface area contributed by atoms with Gasteiger partial charge in [-0.2, -0.15) is 0 Å². The topological polar surface area (TPSA) is 4.93 Å². The Bertz CT molecular complexity index is 1060. The van der Waals surface area contributed by atoms with Gasteiger partial charge in [0.2, 0.25) is 0 Å². The molecule has 0 bridgehead atoms. The molecular weight excluding hydrogens is 302 g/mol. The fraction of sp³-hybridized carbons (Fsp3) is 0.0833. The Balaban J connectivity index is 1.74. The van der Waals surface area contributed by atoms with E-state index in [1.165, 1.54) is 50.5 Å². The van der Waals surface area contributed by atoms with Gasteiger partial charge in [-0.15, -0.1) is 0 Å². The number of rotatable bonds is 1. The molecule has 0 spiro atoms. The highest BCUT2D eigenvalue weighted by atomic mass is 15.0. The molecule has 25 heavy (non-hydrogen) atoms. The van der Waals surface area contributed by atoms with Crippen LogP contribution in [0.2, 0.25) is 0 Å². The fourth-order valence-corrected chi connectivity index (χ4v) is 4.64. The number of nitrogens with zero attached hydrogens (tertiary/aromatic N) is 1. The molecule has 1 heteroatoms. The van der Waals surface area contributed by atoms with E-state index in [9.17, 15) is 0 Å². The van der Waals surface area contributed by atoms with Crippen LogP contribution in [0.25, 0.3) is 28.2 Å². The van der Waals surface area contributed by atoms with E-state index in [0.717, 1.165) is 12.8 Å². The smallest absolute Gasteiger partial charge is 0.0576 e. The lowest BCUT2D eigenvalue weighted by Crippen LogP contribution is -1.99. The third-order valence-corrected chi connectivity index (χ3v) is 5.68. The average molecular weight is 319 g/mol. The number of benzene rings is 3. The Morgan fingerprint density at radius 1 is 0.520 bits per heavy atom. The Kier molecular flexibility index (Phi) is 2.51. The van der Waals surface area contributed by atoms with E-state index in [-0.39, 0.29) is 0 Å². The second kappa shape index (κ2) is 4.73. The first kappa shape index (κ1) is 13.3. The lowest BCUT2D eigenvalue weighted by molar-refractivity contribution is 1.10. The molecule has 0 atom stereocenters. The summed E-state index contributed by atoms with van der Waals surface area (Å²) >= 11 is 0. The first-order chi connectivity index (χ1) is 12.4. The summed E-state index contributed by atoms with van der Waals surface area (Å²) < 4.78 is 2.50. The number of hydrogen-bond donors (Lipinski definition) is 0. The monoisotopic (exact) mass is 319 g/mol. The maximum absolute atomic E-state index is 2.50. The van der Waals surface area contributed by atoms with Crippen molar-refractivity contribution < 1.29 is 0 Å². The summed E-state index contributed by atoms with van der Waals surface area (Å²) in [5.41, 5.74) is 12.8. The van der Waals surface area contributed by atoms with E-state index < -0.39 is 0 Å². The molecule has 3 aromatic carbocycles. The van der Waals surface area contributed by atoms with E-state index in [1.54, 1.807) is 0 Å². The SMILES string of the molecule is c1ccc(-n2c3c(c4c2-c2ccccc2C4)Cc2ccccc2-3)cc1. The zero-order valence-electron chi connectivity index (χ0n) is 13.9. The van der Waals surface area contributed by atoms with E-state index in [1.807, 2.05) is 0 Å². The zero-order chi connectivity index (χ0) is 16.4. The van der Waals surface area contributed by atoms with Crippen molar-refractivity contribution in [2.45, 2.75) is 12.8 Å². The molecule has 0 saturated carbocycles. The Morgan fingerprint density at radius 3 is 1.56 bits per heavy atom. The van der Waals surface area contributed by atoms with E-state index in [2.05, 4.69) is 83.4 Å². The zero-order valence-corrected chi connectivity index (χ0v) is 13.9. The molecule has 0 amide bonds. The highest BCUT2D eigenvalue weighted by Gasteiger charge is 2.34. The van der Waals surface area contributed by atoms with Crippen molar-refractivity contribution in [1.29, 1.82) is 0 Å². The van der Waals surface area contributed by atoms with Gasteiger partial charge in [0.05, 0.1) is 11.4 Å². The van der Waals surface area contributed by atoms with Crippen LogP contribution in [-0.4, -0.2) is 4.57 Å². The maximum Gasteiger partial charge on any atom is 0.0576 e. The minimum atomic E-state index is 1.06. The van der Waals surface area contributed by atoms with Crippen LogP contribution in [0.4, 0.5) is 0 Å². The van der Waals surface area contributed by atoms with Crippen molar-refractivity contribution in [2.24, 2.45) is 0 Å². The average Bonchev–Trinajstić information content (AvgIpc) is 3.30. The van der Waals surface area contributed by atoms with Crippen molar-refractivity contribution in [1.82, 2.24) is 4.57 Å². The van der Waals surface area contributed by atoms with Gasteiger partial charge in [-0.25, -0.2) is 0 Å². The van der Waals surface area contributed by atoms with Crippen LogP contribution < -0.4 is 0 Å². The van der Waals surface area contributed by atoms with Crippen LogP contribution in [0.15, 0.2) is 78.9 Å². The predicted octanol–water partition coefficient (Wildman–Crippen LogP) is 5.62. The summed E-state index contributed by atoms with van der Waals surface area (Å²) in [5, 5.41) is 0. The molecular formula is C24H17N. The lowest BCUT2D eigenvalue weighted by Gasteiger charge is -2.14. The molecule has 118 valence electrons.